The van der Waals surface area contributed by atoms with Crippen molar-refractivity contribution in [1.82, 2.24) is 20.4 Å². The van der Waals surface area contributed by atoms with Crippen molar-refractivity contribution in [3.63, 3.8) is 0 Å². The normalized spacial score (nSPS) is 11.6. The van der Waals surface area contributed by atoms with E-state index >= 15 is 0 Å². The molecule has 0 saturated carbocycles. The van der Waals surface area contributed by atoms with E-state index in [-0.39, 0.29) is 37.0 Å². The van der Waals surface area contributed by atoms with Gasteiger partial charge in [-0.05, 0) is 68.9 Å². The van der Waals surface area contributed by atoms with Crippen molar-refractivity contribution in [3.05, 3.63) is 94.1 Å². The summed E-state index contributed by atoms with van der Waals surface area (Å²) in [5.74, 6) is -0.130. The van der Waals surface area contributed by atoms with Crippen LogP contribution in [0.15, 0.2) is 66.7 Å². The van der Waals surface area contributed by atoms with Gasteiger partial charge in [-0.2, -0.15) is 5.10 Å². The number of carbonyl (C=O) groups excluding carboxylic acids is 3. The lowest BCUT2D eigenvalue weighted by Crippen LogP contribution is -2.29. The van der Waals surface area contributed by atoms with Crippen LogP contribution in [0.2, 0.25) is 0 Å². The zero-order chi connectivity index (χ0) is 33.2. The van der Waals surface area contributed by atoms with Gasteiger partial charge in [0.2, 0.25) is 16.9 Å². The number of ether oxygens (including phenoxy) is 1. The SMILES string of the molecule is CC(C)(C)OC(=O)CC(C)(C)c1cccc(CC(=O)Nc2nnc(CCCCc3ccc(NC(=O)Cc4ccccc4)nn3)s2)c1. The van der Waals surface area contributed by atoms with Crippen LogP contribution < -0.4 is 10.6 Å². The third-order valence-corrected chi connectivity index (χ3v) is 7.96. The first kappa shape index (κ1) is 34.4. The highest BCUT2D eigenvalue weighted by atomic mass is 32.1. The number of nitrogens with one attached hydrogen (secondary N) is 2. The van der Waals surface area contributed by atoms with Gasteiger partial charge in [0.25, 0.3) is 0 Å². The quantitative estimate of drug-likeness (QED) is 0.121. The summed E-state index contributed by atoms with van der Waals surface area (Å²) in [6.07, 6.45) is 3.96. The molecular weight excluding hydrogens is 600 g/mol. The number of hydrogen-bond donors (Lipinski definition) is 2. The number of anilines is 2. The van der Waals surface area contributed by atoms with E-state index in [0.29, 0.717) is 10.9 Å². The van der Waals surface area contributed by atoms with Crippen molar-refractivity contribution in [2.45, 2.75) is 90.6 Å². The molecule has 0 saturated heterocycles. The van der Waals surface area contributed by atoms with Gasteiger partial charge in [0.05, 0.1) is 25.0 Å². The minimum atomic E-state index is -0.536. The number of nitrogens with zero attached hydrogens (tertiary/aromatic N) is 4. The summed E-state index contributed by atoms with van der Waals surface area (Å²) in [4.78, 5) is 37.5. The lowest BCUT2D eigenvalue weighted by atomic mass is 9.81. The van der Waals surface area contributed by atoms with Gasteiger partial charge in [-0.3, -0.25) is 14.4 Å². The molecule has 0 spiro atoms. The Morgan fingerprint density at radius 2 is 1.43 bits per heavy atom. The van der Waals surface area contributed by atoms with Gasteiger partial charge in [0.15, 0.2) is 5.82 Å². The zero-order valence-corrected chi connectivity index (χ0v) is 27.9. The average molecular weight is 643 g/mol. The van der Waals surface area contributed by atoms with Crippen LogP contribution in [0.3, 0.4) is 0 Å². The minimum Gasteiger partial charge on any atom is -0.460 e. The second-order valence-corrected chi connectivity index (χ2v) is 14.0. The van der Waals surface area contributed by atoms with Crippen LogP contribution in [-0.2, 0) is 50.2 Å². The number of hydrogen-bond acceptors (Lipinski definition) is 9. The Balaban J connectivity index is 1.18. The Bertz CT molecular complexity index is 1610. The number of esters is 1. The molecule has 46 heavy (non-hydrogen) atoms. The molecule has 2 heterocycles. The highest BCUT2D eigenvalue weighted by molar-refractivity contribution is 7.15. The predicted molar refractivity (Wildman–Crippen MR) is 180 cm³/mol. The maximum absolute atomic E-state index is 12.8. The molecule has 2 amide bonds. The molecule has 0 aliphatic heterocycles. The molecule has 0 aliphatic carbocycles. The van der Waals surface area contributed by atoms with Gasteiger partial charge >= 0.3 is 5.97 Å². The van der Waals surface area contributed by atoms with Crippen molar-refractivity contribution < 1.29 is 19.1 Å². The monoisotopic (exact) mass is 642 g/mol. The standard InChI is InChI=1S/C35H42N6O4S/c1-34(2,3)45-32(44)23-35(4,5)26-15-11-14-25(20-26)22-30(43)37-33-41-40-31(46-33)17-10-9-16-27-18-19-28(39-38-27)36-29(42)21-24-12-7-6-8-13-24/h6-8,11-15,18-20H,9-10,16-17,21-23H2,1-5H3,(H,36,39,42)(H,37,41,43). The molecule has 10 nitrogen and oxygen atoms in total. The summed E-state index contributed by atoms with van der Waals surface area (Å²) in [6, 6.07) is 20.9. The molecular formula is C35H42N6O4S. The van der Waals surface area contributed by atoms with Crippen LogP contribution in [0.5, 0.6) is 0 Å². The number of amides is 2. The van der Waals surface area contributed by atoms with Crippen LogP contribution in [0, 0.1) is 0 Å². The Hall–Kier alpha value is -4.51. The summed E-state index contributed by atoms with van der Waals surface area (Å²) in [7, 11) is 0. The Morgan fingerprint density at radius 3 is 2.15 bits per heavy atom. The van der Waals surface area contributed by atoms with E-state index in [1.54, 1.807) is 6.07 Å². The fourth-order valence-electron chi connectivity index (χ4n) is 4.81. The van der Waals surface area contributed by atoms with Crippen molar-refractivity contribution in [3.8, 4) is 0 Å². The molecule has 0 aliphatic rings. The fourth-order valence-corrected chi connectivity index (χ4v) is 5.61. The van der Waals surface area contributed by atoms with E-state index in [2.05, 4.69) is 31.0 Å². The maximum atomic E-state index is 12.8. The third-order valence-electron chi connectivity index (χ3n) is 7.06. The van der Waals surface area contributed by atoms with Crippen LogP contribution in [0.25, 0.3) is 0 Å². The Labute approximate surface area is 274 Å². The summed E-state index contributed by atoms with van der Waals surface area (Å²) >= 11 is 1.37. The van der Waals surface area contributed by atoms with Crippen LogP contribution in [0.4, 0.5) is 10.9 Å². The van der Waals surface area contributed by atoms with Gasteiger partial charge in [-0.1, -0.05) is 79.8 Å². The lowest BCUT2D eigenvalue weighted by Gasteiger charge is -2.27. The van der Waals surface area contributed by atoms with Crippen molar-refractivity contribution in [2.75, 3.05) is 10.6 Å². The topological polar surface area (TPSA) is 136 Å². The number of aryl methyl sites for hydroxylation is 2. The van der Waals surface area contributed by atoms with Crippen molar-refractivity contribution >= 4 is 40.1 Å². The van der Waals surface area contributed by atoms with Gasteiger partial charge in [-0.25, -0.2) is 0 Å². The highest BCUT2D eigenvalue weighted by Gasteiger charge is 2.28. The fraction of sp³-hybridized carbons (Fsp3) is 0.400. The second kappa shape index (κ2) is 15.7. The number of aromatic nitrogens is 4. The number of benzene rings is 2. The number of unbranched alkanes of at least 4 members (excludes halogenated alkanes) is 1. The van der Waals surface area contributed by atoms with Crippen molar-refractivity contribution in [1.29, 1.82) is 0 Å². The molecule has 0 bridgehead atoms. The van der Waals surface area contributed by atoms with E-state index in [1.807, 2.05) is 95.3 Å². The van der Waals surface area contributed by atoms with Gasteiger partial charge in [0, 0.05) is 11.8 Å². The van der Waals surface area contributed by atoms with E-state index in [0.717, 1.165) is 53.1 Å². The van der Waals surface area contributed by atoms with Crippen molar-refractivity contribution in [2.24, 2.45) is 0 Å². The molecule has 242 valence electrons. The summed E-state index contributed by atoms with van der Waals surface area (Å²) in [6.45, 7) is 9.56. The molecule has 4 aromatic rings. The van der Waals surface area contributed by atoms with E-state index < -0.39 is 11.0 Å². The first-order valence-corrected chi connectivity index (χ1v) is 16.3. The molecule has 4 rings (SSSR count). The van der Waals surface area contributed by atoms with Gasteiger partial charge in [-0.15, -0.1) is 15.3 Å². The van der Waals surface area contributed by atoms with Crippen LogP contribution in [-0.4, -0.2) is 43.8 Å². The minimum absolute atomic E-state index is 0.133. The smallest absolute Gasteiger partial charge is 0.307 e. The summed E-state index contributed by atoms with van der Waals surface area (Å²) in [5, 5.41) is 23.7. The molecule has 11 heteroatoms. The lowest BCUT2D eigenvalue weighted by molar-refractivity contribution is -0.156. The molecule has 2 aromatic heterocycles. The Kier molecular flexibility index (Phi) is 11.7. The maximum Gasteiger partial charge on any atom is 0.307 e. The Morgan fingerprint density at radius 1 is 0.739 bits per heavy atom. The molecule has 0 atom stereocenters. The van der Waals surface area contributed by atoms with Crippen LogP contribution >= 0.6 is 11.3 Å². The first-order chi connectivity index (χ1) is 21.8. The number of carbonyl (C=O) groups is 3. The van der Waals surface area contributed by atoms with E-state index in [4.69, 9.17) is 4.74 Å². The average Bonchev–Trinajstić information content (AvgIpc) is 3.42. The first-order valence-electron chi connectivity index (χ1n) is 15.4. The zero-order valence-electron chi connectivity index (χ0n) is 27.1. The third kappa shape index (κ3) is 11.4. The number of rotatable bonds is 14. The molecule has 0 unspecified atom stereocenters. The highest BCUT2D eigenvalue weighted by Crippen LogP contribution is 2.29. The summed E-state index contributed by atoms with van der Waals surface area (Å²) in [5.41, 5.74) is 2.62. The van der Waals surface area contributed by atoms with E-state index in [1.165, 1.54) is 11.3 Å². The van der Waals surface area contributed by atoms with Crippen LogP contribution in [0.1, 0.15) is 81.3 Å². The largest absolute Gasteiger partial charge is 0.460 e. The van der Waals surface area contributed by atoms with E-state index in [9.17, 15) is 14.4 Å². The molecule has 0 fully saturated rings. The molecule has 0 radical (unpaired) electrons. The molecule has 2 N–H and O–H groups in total. The summed E-state index contributed by atoms with van der Waals surface area (Å²) < 4.78 is 5.51. The van der Waals surface area contributed by atoms with Gasteiger partial charge < -0.3 is 15.4 Å². The molecule has 2 aromatic carbocycles. The second-order valence-electron chi connectivity index (χ2n) is 12.9. The predicted octanol–water partition coefficient (Wildman–Crippen LogP) is 6.27. The van der Waals surface area contributed by atoms with Gasteiger partial charge in [0.1, 0.15) is 10.6 Å².